The van der Waals surface area contributed by atoms with Gasteiger partial charge in [-0.15, -0.1) is 0 Å². The van der Waals surface area contributed by atoms with Crippen molar-refractivity contribution in [3.63, 3.8) is 0 Å². The summed E-state index contributed by atoms with van der Waals surface area (Å²) in [5.74, 6) is 0.704. The normalized spacial score (nSPS) is 16.9. The van der Waals surface area contributed by atoms with E-state index in [4.69, 9.17) is 16.3 Å². The van der Waals surface area contributed by atoms with E-state index in [1.165, 1.54) is 6.08 Å². The number of fused-ring (bicyclic) bond motifs is 1. The number of ether oxygens (including phenoxy) is 1. The molecule has 0 saturated heterocycles. The fourth-order valence-corrected chi connectivity index (χ4v) is 2.69. The van der Waals surface area contributed by atoms with Gasteiger partial charge in [0.2, 0.25) is 5.91 Å². The van der Waals surface area contributed by atoms with Gasteiger partial charge in [-0.3, -0.25) is 4.79 Å². The van der Waals surface area contributed by atoms with Gasteiger partial charge in [-0.2, -0.15) is 0 Å². The standard InChI is InChI=1S/C18H16ClNO2/c19-15-7-3-1-5-13(15)9-10-18(21)20-16-11-12-22-17-8-4-2-6-14(16)17/h1-10,16H,11-12H2,(H,20,21)/b10-9+. The lowest BCUT2D eigenvalue weighted by molar-refractivity contribution is -0.117. The minimum Gasteiger partial charge on any atom is -0.493 e. The Hall–Kier alpha value is -2.26. The molecule has 0 aliphatic carbocycles. The van der Waals surface area contributed by atoms with E-state index in [-0.39, 0.29) is 11.9 Å². The van der Waals surface area contributed by atoms with Crippen molar-refractivity contribution in [1.82, 2.24) is 5.32 Å². The van der Waals surface area contributed by atoms with E-state index in [9.17, 15) is 4.79 Å². The summed E-state index contributed by atoms with van der Waals surface area (Å²) in [6.45, 7) is 0.607. The van der Waals surface area contributed by atoms with Gasteiger partial charge in [-0.1, -0.05) is 48.0 Å². The summed E-state index contributed by atoms with van der Waals surface area (Å²) < 4.78 is 5.59. The molecule has 1 aliphatic rings. The molecule has 1 heterocycles. The summed E-state index contributed by atoms with van der Waals surface area (Å²) in [6, 6.07) is 15.2. The zero-order valence-corrected chi connectivity index (χ0v) is 12.7. The third-order valence-corrected chi connectivity index (χ3v) is 3.94. The maximum Gasteiger partial charge on any atom is 0.244 e. The van der Waals surface area contributed by atoms with E-state index in [0.717, 1.165) is 23.3 Å². The Bertz CT molecular complexity index is 712. The number of amides is 1. The number of carbonyl (C=O) groups is 1. The smallest absolute Gasteiger partial charge is 0.244 e. The zero-order valence-electron chi connectivity index (χ0n) is 12.0. The van der Waals surface area contributed by atoms with Crippen LogP contribution in [0.1, 0.15) is 23.6 Å². The van der Waals surface area contributed by atoms with Crippen molar-refractivity contribution in [1.29, 1.82) is 0 Å². The molecule has 0 fully saturated rings. The van der Waals surface area contributed by atoms with Crippen LogP contribution in [-0.4, -0.2) is 12.5 Å². The molecule has 1 atom stereocenters. The summed E-state index contributed by atoms with van der Waals surface area (Å²) in [5.41, 5.74) is 1.85. The van der Waals surface area contributed by atoms with Crippen molar-refractivity contribution in [3.05, 3.63) is 70.8 Å². The molecule has 3 rings (SSSR count). The summed E-state index contributed by atoms with van der Waals surface area (Å²) in [6.07, 6.45) is 4.00. The first-order valence-electron chi connectivity index (χ1n) is 7.19. The van der Waals surface area contributed by atoms with Crippen LogP contribution in [0.3, 0.4) is 0 Å². The first kappa shape index (κ1) is 14.7. The highest BCUT2D eigenvalue weighted by Gasteiger charge is 2.21. The molecule has 0 aromatic heterocycles. The third-order valence-electron chi connectivity index (χ3n) is 3.59. The first-order valence-corrected chi connectivity index (χ1v) is 7.56. The van der Waals surface area contributed by atoms with Gasteiger partial charge in [0, 0.05) is 23.1 Å². The van der Waals surface area contributed by atoms with Gasteiger partial charge >= 0.3 is 0 Å². The lowest BCUT2D eigenvalue weighted by Gasteiger charge is -2.26. The minimum atomic E-state index is -0.137. The van der Waals surface area contributed by atoms with Crippen molar-refractivity contribution in [2.45, 2.75) is 12.5 Å². The molecule has 1 unspecified atom stereocenters. The van der Waals surface area contributed by atoms with E-state index in [0.29, 0.717) is 11.6 Å². The quantitative estimate of drug-likeness (QED) is 0.870. The van der Waals surface area contributed by atoms with Crippen LogP contribution in [-0.2, 0) is 4.79 Å². The molecule has 1 N–H and O–H groups in total. The monoisotopic (exact) mass is 313 g/mol. The summed E-state index contributed by atoms with van der Waals surface area (Å²) in [4.78, 5) is 12.1. The van der Waals surface area contributed by atoms with Gasteiger partial charge in [0.1, 0.15) is 5.75 Å². The van der Waals surface area contributed by atoms with E-state index >= 15 is 0 Å². The van der Waals surface area contributed by atoms with Gasteiger partial charge < -0.3 is 10.1 Å². The molecule has 22 heavy (non-hydrogen) atoms. The maximum atomic E-state index is 12.1. The average molecular weight is 314 g/mol. The number of hydrogen-bond acceptors (Lipinski definition) is 2. The van der Waals surface area contributed by atoms with Crippen LogP contribution in [0, 0.1) is 0 Å². The number of carbonyl (C=O) groups excluding carboxylic acids is 1. The Balaban J connectivity index is 1.69. The van der Waals surface area contributed by atoms with Crippen LogP contribution in [0.4, 0.5) is 0 Å². The molecule has 112 valence electrons. The molecule has 2 aromatic rings. The Morgan fingerprint density at radius 2 is 1.95 bits per heavy atom. The van der Waals surface area contributed by atoms with Crippen molar-refractivity contribution >= 4 is 23.6 Å². The molecule has 2 aromatic carbocycles. The average Bonchev–Trinajstić information content (AvgIpc) is 2.54. The molecule has 4 heteroatoms. The van der Waals surface area contributed by atoms with Crippen LogP contribution in [0.2, 0.25) is 5.02 Å². The number of rotatable bonds is 3. The van der Waals surface area contributed by atoms with Crippen molar-refractivity contribution < 1.29 is 9.53 Å². The van der Waals surface area contributed by atoms with Crippen LogP contribution in [0.5, 0.6) is 5.75 Å². The molecule has 0 saturated carbocycles. The summed E-state index contributed by atoms with van der Waals surface area (Å²) in [5, 5.41) is 3.64. The van der Waals surface area contributed by atoms with Crippen LogP contribution >= 0.6 is 11.6 Å². The SMILES string of the molecule is O=C(/C=C/c1ccccc1Cl)NC1CCOc2ccccc21. The molecule has 0 radical (unpaired) electrons. The highest BCUT2D eigenvalue weighted by molar-refractivity contribution is 6.32. The van der Waals surface area contributed by atoms with Gasteiger partial charge in [0.25, 0.3) is 0 Å². The second kappa shape index (κ2) is 6.67. The topological polar surface area (TPSA) is 38.3 Å². The van der Waals surface area contributed by atoms with Crippen LogP contribution < -0.4 is 10.1 Å². The van der Waals surface area contributed by atoms with Crippen molar-refractivity contribution in [3.8, 4) is 5.75 Å². The third kappa shape index (κ3) is 3.31. The molecule has 0 bridgehead atoms. The fourth-order valence-electron chi connectivity index (χ4n) is 2.49. The lowest BCUT2D eigenvalue weighted by atomic mass is 10.0. The van der Waals surface area contributed by atoms with Crippen LogP contribution in [0.25, 0.3) is 6.08 Å². The zero-order chi connectivity index (χ0) is 15.4. The number of halogens is 1. The molecule has 3 nitrogen and oxygen atoms in total. The van der Waals surface area contributed by atoms with E-state index in [1.54, 1.807) is 12.1 Å². The molecule has 1 aliphatic heterocycles. The van der Waals surface area contributed by atoms with Crippen molar-refractivity contribution in [2.75, 3.05) is 6.61 Å². The summed E-state index contributed by atoms with van der Waals surface area (Å²) in [7, 11) is 0. The largest absolute Gasteiger partial charge is 0.493 e. The van der Waals surface area contributed by atoms with Gasteiger partial charge in [-0.25, -0.2) is 0 Å². The predicted molar refractivity (Wildman–Crippen MR) is 87.9 cm³/mol. The second-order valence-electron chi connectivity index (χ2n) is 5.09. The first-order chi connectivity index (χ1) is 10.7. The Morgan fingerprint density at radius 1 is 1.18 bits per heavy atom. The Morgan fingerprint density at radius 3 is 2.82 bits per heavy atom. The van der Waals surface area contributed by atoms with E-state index in [2.05, 4.69) is 5.32 Å². The number of nitrogens with one attached hydrogen (secondary N) is 1. The number of hydrogen-bond donors (Lipinski definition) is 1. The molecule has 1 amide bonds. The second-order valence-corrected chi connectivity index (χ2v) is 5.50. The molecule has 0 spiro atoms. The van der Waals surface area contributed by atoms with Gasteiger partial charge in [-0.05, 0) is 23.8 Å². The van der Waals surface area contributed by atoms with Gasteiger partial charge in [0.15, 0.2) is 0 Å². The van der Waals surface area contributed by atoms with Gasteiger partial charge in [0.05, 0.1) is 12.6 Å². The number of benzene rings is 2. The van der Waals surface area contributed by atoms with E-state index < -0.39 is 0 Å². The molecular formula is C18H16ClNO2. The Kier molecular flexibility index (Phi) is 4.45. The fraction of sp³-hybridized carbons (Fsp3) is 0.167. The highest BCUT2D eigenvalue weighted by atomic mass is 35.5. The molecular weight excluding hydrogens is 298 g/mol. The summed E-state index contributed by atoms with van der Waals surface area (Å²) >= 11 is 6.07. The lowest BCUT2D eigenvalue weighted by Crippen LogP contribution is -2.30. The van der Waals surface area contributed by atoms with Crippen LogP contribution in [0.15, 0.2) is 54.6 Å². The Labute approximate surface area is 134 Å². The van der Waals surface area contributed by atoms with Crippen molar-refractivity contribution in [2.24, 2.45) is 0 Å². The highest BCUT2D eigenvalue weighted by Crippen LogP contribution is 2.31. The predicted octanol–water partition coefficient (Wildman–Crippen LogP) is 3.99. The minimum absolute atomic E-state index is 0.0201. The maximum absolute atomic E-state index is 12.1. The van der Waals surface area contributed by atoms with E-state index in [1.807, 2.05) is 42.5 Å². The number of para-hydroxylation sites is 1.